The highest BCUT2D eigenvalue weighted by Crippen LogP contribution is 2.32. The summed E-state index contributed by atoms with van der Waals surface area (Å²) in [7, 11) is 0. The molecule has 4 aromatic rings. The molecule has 0 atom stereocenters. The zero-order valence-electron chi connectivity index (χ0n) is 18.3. The number of aromatic carboxylic acids is 1. The van der Waals surface area contributed by atoms with Crippen LogP contribution >= 0.6 is 34.8 Å². The van der Waals surface area contributed by atoms with Gasteiger partial charge in [-0.3, -0.25) is 0 Å². The number of carbonyl (C=O) groups is 1. The van der Waals surface area contributed by atoms with Gasteiger partial charge in [0.05, 0.1) is 27.0 Å². The van der Waals surface area contributed by atoms with E-state index in [0.717, 1.165) is 35.4 Å². The van der Waals surface area contributed by atoms with Crippen LogP contribution in [0.25, 0.3) is 16.8 Å². The van der Waals surface area contributed by atoms with Crippen molar-refractivity contribution in [2.75, 3.05) is 0 Å². The molecule has 0 amide bonds. The maximum absolute atomic E-state index is 11.1. The third kappa shape index (κ3) is 5.22. The molecule has 8 heteroatoms. The molecule has 0 unspecified atom stereocenters. The fraction of sp³-hybridized carbons (Fsp3) is 0.154. The summed E-state index contributed by atoms with van der Waals surface area (Å²) in [5, 5.41) is 15.2. The molecule has 0 spiro atoms. The summed E-state index contributed by atoms with van der Waals surface area (Å²) < 4.78 is 7.78. The number of para-hydroxylation sites is 1. The van der Waals surface area contributed by atoms with Crippen molar-refractivity contribution >= 4 is 40.8 Å². The lowest BCUT2D eigenvalue weighted by atomic mass is 10.0. The molecule has 0 bridgehead atoms. The Morgan fingerprint density at radius 1 is 0.971 bits per heavy atom. The highest BCUT2D eigenvalue weighted by atomic mass is 35.5. The zero-order valence-corrected chi connectivity index (χ0v) is 20.5. The van der Waals surface area contributed by atoms with Crippen molar-refractivity contribution in [3.63, 3.8) is 0 Å². The SMILES string of the molecule is CCCc1cc(COc2ccc(-c3ccc(C(=O)O)cc3Cl)cc2)n(-c2c(Cl)cccc2Cl)n1. The van der Waals surface area contributed by atoms with Gasteiger partial charge in [0, 0.05) is 10.6 Å². The summed E-state index contributed by atoms with van der Waals surface area (Å²) >= 11 is 19.1. The van der Waals surface area contributed by atoms with Crippen LogP contribution in [0.3, 0.4) is 0 Å². The van der Waals surface area contributed by atoms with E-state index in [2.05, 4.69) is 6.92 Å². The lowest BCUT2D eigenvalue weighted by Gasteiger charge is -2.12. The number of rotatable bonds is 8. The summed E-state index contributed by atoms with van der Waals surface area (Å²) in [6, 6.07) is 19.5. The van der Waals surface area contributed by atoms with Crippen LogP contribution in [0.15, 0.2) is 66.7 Å². The van der Waals surface area contributed by atoms with E-state index < -0.39 is 5.97 Å². The van der Waals surface area contributed by atoms with Crippen LogP contribution in [0, 0.1) is 0 Å². The first-order valence-electron chi connectivity index (χ1n) is 10.7. The lowest BCUT2D eigenvalue weighted by molar-refractivity contribution is 0.0697. The van der Waals surface area contributed by atoms with Crippen molar-refractivity contribution in [1.82, 2.24) is 9.78 Å². The van der Waals surface area contributed by atoms with Gasteiger partial charge in [0.2, 0.25) is 0 Å². The van der Waals surface area contributed by atoms with Crippen molar-refractivity contribution in [2.24, 2.45) is 0 Å². The smallest absolute Gasteiger partial charge is 0.335 e. The van der Waals surface area contributed by atoms with Gasteiger partial charge in [-0.1, -0.05) is 72.4 Å². The molecule has 0 fully saturated rings. The molecular formula is C26H21Cl3N2O3. The first kappa shape index (κ1) is 24.1. The van der Waals surface area contributed by atoms with Crippen LogP contribution in [0.1, 0.15) is 35.1 Å². The van der Waals surface area contributed by atoms with E-state index in [4.69, 9.17) is 49.7 Å². The van der Waals surface area contributed by atoms with Gasteiger partial charge in [0.1, 0.15) is 18.0 Å². The number of hydrogen-bond acceptors (Lipinski definition) is 3. The topological polar surface area (TPSA) is 64.3 Å². The Balaban J connectivity index is 1.56. The average Bonchev–Trinajstić information content (AvgIpc) is 3.20. The van der Waals surface area contributed by atoms with Crippen LogP contribution in [-0.2, 0) is 13.0 Å². The highest BCUT2D eigenvalue weighted by molar-refractivity contribution is 6.37. The average molecular weight is 516 g/mol. The molecule has 1 heterocycles. The van der Waals surface area contributed by atoms with E-state index in [0.29, 0.717) is 26.5 Å². The molecule has 1 aromatic heterocycles. The third-order valence-electron chi connectivity index (χ3n) is 5.26. The molecule has 0 saturated carbocycles. The predicted molar refractivity (Wildman–Crippen MR) is 136 cm³/mol. The number of carboxylic acids is 1. The molecule has 0 aliphatic heterocycles. The summed E-state index contributed by atoms with van der Waals surface area (Å²) in [4.78, 5) is 11.1. The molecule has 0 aliphatic rings. The molecule has 5 nitrogen and oxygen atoms in total. The van der Waals surface area contributed by atoms with Gasteiger partial charge in [-0.2, -0.15) is 5.10 Å². The minimum absolute atomic E-state index is 0.145. The number of nitrogens with zero attached hydrogens (tertiary/aromatic N) is 2. The fourth-order valence-electron chi connectivity index (χ4n) is 3.61. The van der Waals surface area contributed by atoms with Crippen molar-refractivity contribution in [3.05, 3.63) is 98.7 Å². The Labute approximate surface area is 212 Å². The monoisotopic (exact) mass is 514 g/mol. The molecular weight excluding hydrogens is 495 g/mol. The standard InChI is InChI=1S/C26H21Cl3N2O3/c1-2-4-18-14-19(31(30-18)25-22(27)5-3-6-23(25)28)15-34-20-10-7-16(8-11-20)21-12-9-17(26(32)33)13-24(21)29/h3,5-14H,2,4,15H2,1H3,(H,32,33). The zero-order chi connectivity index (χ0) is 24.2. The normalized spacial score (nSPS) is 10.9. The van der Waals surface area contributed by atoms with E-state index in [-0.39, 0.29) is 12.2 Å². The largest absolute Gasteiger partial charge is 0.487 e. The van der Waals surface area contributed by atoms with Gasteiger partial charge in [-0.05, 0) is 54.4 Å². The molecule has 4 rings (SSSR count). The van der Waals surface area contributed by atoms with Gasteiger partial charge < -0.3 is 9.84 Å². The number of halogens is 3. The first-order valence-corrected chi connectivity index (χ1v) is 11.8. The van der Waals surface area contributed by atoms with Crippen LogP contribution in [-0.4, -0.2) is 20.9 Å². The lowest BCUT2D eigenvalue weighted by Crippen LogP contribution is -2.07. The molecule has 1 N–H and O–H groups in total. The molecule has 0 aliphatic carbocycles. The maximum atomic E-state index is 11.1. The molecule has 0 radical (unpaired) electrons. The number of aryl methyl sites for hydroxylation is 1. The molecule has 0 saturated heterocycles. The summed E-state index contributed by atoms with van der Waals surface area (Å²) in [5.74, 6) is -0.353. The Kier molecular flexibility index (Phi) is 7.47. The Bertz CT molecular complexity index is 1310. The van der Waals surface area contributed by atoms with Gasteiger partial charge in [0.15, 0.2) is 0 Å². The number of hydrogen-bond donors (Lipinski definition) is 1. The van der Waals surface area contributed by atoms with Crippen molar-refractivity contribution in [3.8, 4) is 22.6 Å². The van der Waals surface area contributed by atoms with Crippen LogP contribution in [0.2, 0.25) is 15.1 Å². The number of ether oxygens (including phenoxy) is 1. The van der Waals surface area contributed by atoms with E-state index in [1.54, 1.807) is 28.9 Å². The van der Waals surface area contributed by atoms with E-state index in [1.807, 2.05) is 30.3 Å². The van der Waals surface area contributed by atoms with E-state index in [1.165, 1.54) is 12.1 Å². The van der Waals surface area contributed by atoms with Gasteiger partial charge in [0.25, 0.3) is 0 Å². The quantitative estimate of drug-likeness (QED) is 0.261. The van der Waals surface area contributed by atoms with Gasteiger partial charge >= 0.3 is 5.97 Å². The van der Waals surface area contributed by atoms with Gasteiger partial charge in [-0.15, -0.1) is 0 Å². The highest BCUT2D eigenvalue weighted by Gasteiger charge is 2.16. The maximum Gasteiger partial charge on any atom is 0.335 e. The van der Waals surface area contributed by atoms with E-state index in [9.17, 15) is 4.79 Å². The second-order valence-corrected chi connectivity index (χ2v) is 8.89. The Morgan fingerprint density at radius 2 is 1.68 bits per heavy atom. The second kappa shape index (κ2) is 10.5. The molecule has 174 valence electrons. The second-order valence-electron chi connectivity index (χ2n) is 7.67. The fourth-order valence-corrected chi connectivity index (χ4v) is 4.46. The van der Waals surface area contributed by atoms with Crippen molar-refractivity contribution < 1.29 is 14.6 Å². The Morgan fingerprint density at radius 3 is 2.29 bits per heavy atom. The van der Waals surface area contributed by atoms with Crippen LogP contribution in [0.4, 0.5) is 0 Å². The summed E-state index contributed by atoms with van der Waals surface area (Å²) in [5.41, 5.74) is 4.14. The van der Waals surface area contributed by atoms with Crippen LogP contribution < -0.4 is 4.74 Å². The molecule has 3 aromatic carbocycles. The number of carboxylic acid groups (broad SMARTS) is 1. The van der Waals surface area contributed by atoms with Crippen LogP contribution in [0.5, 0.6) is 5.75 Å². The van der Waals surface area contributed by atoms with Crippen molar-refractivity contribution in [2.45, 2.75) is 26.4 Å². The van der Waals surface area contributed by atoms with E-state index >= 15 is 0 Å². The third-order valence-corrected chi connectivity index (χ3v) is 6.18. The first-order chi connectivity index (χ1) is 16.4. The number of aromatic nitrogens is 2. The van der Waals surface area contributed by atoms with Crippen molar-refractivity contribution in [1.29, 1.82) is 0 Å². The number of benzene rings is 3. The summed E-state index contributed by atoms with van der Waals surface area (Å²) in [6.07, 6.45) is 1.79. The Hall–Kier alpha value is -2.99. The minimum Gasteiger partial charge on any atom is -0.487 e. The minimum atomic E-state index is -1.02. The van der Waals surface area contributed by atoms with Gasteiger partial charge in [-0.25, -0.2) is 9.48 Å². The molecule has 34 heavy (non-hydrogen) atoms. The summed E-state index contributed by atoms with van der Waals surface area (Å²) in [6.45, 7) is 2.37. The predicted octanol–water partition coefficient (Wildman–Crippen LogP) is 7.73.